The molecule has 9 heteroatoms. The molecule has 0 saturated heterocycles. The van der Waals surface area contributed by atoms with E-state index in [1.807, 2.05) is 0 Å². The maximum atomic E-state index is 12.4. The summed E-state index contributed by atoms with van der Waals surface area (Å²) in [4.78, 5) is 45.3. The Morgan fingerprint density at radius 2 is 2.17 bits per heavy atom. The monoisotopic (exact) mass is 328 g/mol. The Balaban J connectivity index is 1.63. The minimum Gasteiger partial charge on any atom is -0.350 e. The number of fused-ring (bicyclic) bond motifs is 1. The van der Waals surface area contributed by atoms with Crippen LogP contribution in [-0.2, 0) is 4.79 Å². The first-order valence-electron chi connectivity index (χ1n) is 7.43. The third-order valence-corrected chi connectivity index (χ3v) is 3.82. The van der Waals surface area contributed by atoms with Crippen molar-refractivity contribution in [3.63, 3.8) is 0 Å². The van der Waals surface area contributed by atoms with E-state index in [2.05, 4.69) is 25.5 Å². The molecule has 2 aliphatic heterocycles. The van der Waals surface area contributed by atoms with Crippen molar-refractivity contribution in [2.45, 2.75) is 13.8 Å². The molecule has 3 rings (SSSR count). The number of urea groups is 1. The molecule has 1 aromatic rings. The van der Waals surface area contributed by atoms with Crippen molar-refractivity contribution >= 4 is 29.9 Å². The van der Waals surface area contributed by atoms with Crippen LogP contribution < -0.4 is 5.32 Å². The van der Waals surface area contributed by atoms with Crippen LogP contribution in [0.2, 0.25) is 0 Å². The van der Waals surface area contributed by atoms with Gasteiger partial charge < -0.3 is 5.32 Å². The van der Waals surface area contributed by atoms with Gasteiger partial charge in [0.2, 0.25) is 5.91 Å². The second-order valence-corrected chi connectivity index (χ2v) is 5.45. The molecule has 24 heavy (non-hydrogen) atoms. The van der Waals surface area contributed by atoms with Crippen LogP contribution in [-0.4, -0.2) is 58.1 Å². The lowest BCUT2D eigenvalue weighted by Crippen LogP contribution is -2.48. The van der Waals surface area contributed by atoms with Crippen LogP contribution in [0.1, 0.15) is 21.7 Å². The number of aliphatic imine (C=N–C) groups is 2. The molecule has 9 nitrogen and oxygen atoms in total. The van der Waals surface area contributed by atoms with Gasteiger partial charge in [0.05, 0.1) is 11.3 Å². The van der Waals surface area contributed by atoms with Gasteiger partial charge in [-0.1, -0.05) is 6.08 Å². The number of nitrogens with one attached hydrogen (secondary N) is 2. The molecule has 1 aromatic heterocycles. The molecule has 0 radical (unpaired) electrons. The highest BCUT2D eigenvalue weighted by atomic mass is 16.2. The maximum Gasteiger partial charge on any atom is 0.352 e. The lowest BCUT2D eigenvalue weighted by molar-refractivity contribution is -0.129. The highest BCUT2D eigenvalue weighted by Gasteiger charge is 2.36. The number of H-pyrrole nitrogens is 1. The number of aromatic nitrogens is 2. The van der Waals surface area contributed by atoms with E-state index in [0.717, 1.165) is 4.90 Å². The average molecular weight is 328 g/mol. The van der Waals surface area contributed by atoms with E-state index >= 15 is 0 Å². The average Bonchev–Trinajstić information content (AvgIpc) is 2.89. The predicted octanol–water partition coefficient (Wildman–Crippen LogP) is 0.374. The molecule has 1 unspecified atom stereocenters. The lowest BCUT2D eigenvalue weighted by Gasteiger charge is -2.27. The summed E-state index contributed by atoms with van der Waals surface area (Å²) >= 11 is 0. The summed E-state index contributed by atoms with van der Waals surface area (Å²) < 4.78 is 0. The molecule has 4 amide bonds. The fourth-order valence-electron chi connectivity index (χ4n) is 2.62. The van der Waals surface area contributed by atoms with Crippen molar-refractivity contribution < 1.29 is 14.4 Å². The molecule has 0 saturated carbocycles. The van der Waals surface area contributed by atoms with Crippen molar-refractivity contribution in [3.8, 4) is 0 Å². The summed E-state index contributed by atoms with van der Waals surface area (Å²) in [5.41, 5.74) is 1.72. The van der Waals surface area contributed by atoms with Crippen molar-refractivity contribution in [2.24, 2.45) is 15.9 Å². The summed E-state index contributed by atoms with van der Waals surface area (Å²) in [6.45, 7) is 3.65. The third kappa shape index (κ3) is 2.75. The van der Waals surface area contributed by atoms with Gasteiger partial charge in [0.25, 0.3) is 5.91 Å². The van der Waals surface area contributed by atoms with E-state index in [4.69, 9.17) is 0 Å². The van der Waals surface area contributed by atoms with Crippen LogP contribution in [0.15, 0.2) is 22.1 Å². The summed E-state index contributed by atoms with van der Waals surface area (Å²) in [6.07, 6.45) is 4.77. The highest BCUT2D eigenvalue weighted by Crippen LogP contribution is 2.18. The van der Waals surface area contributed by atoms with Crippen LogP contribution in [0.4, 0.5) is 4.79 Å². The molecule has 124 valence electrons. The van der Waals surface area contributed by atoms with Crippen LogP contribution >= 0.6 is 0 Å². The second kappa shape index (κ2) is 6.19. The fourth-order valence-corrected chi connectivity index (χ4v) is 2.62. The molecule has 0 aromatic carbocycles. The van der Waals surface area contributed by atoms with Crippen molar-refractivity contribution in [3.05, 3.63) is 29.1 Å². The number of aromatic amines is 1. The summed E-state index contributed by atoms with van der Waals surface area (Å²) in [5, 5.41) is 9.38. The molecule has 0 aliphatic carbocycles. The largest absolute Gasteiger partial charge is 0.352 e. The number of aryl methyl sites for hydroxylation is 2. The summed E-state index contributed by atoms with van der Waals surface area (Å²) in [7, 11) is 0. The summed E-state index contributed by atoms with van der Waals surface area (Å²) in [5.74, 6) is -1.12. The van der Waals surface area contributed by atoms with Crippen LogP contribution in [0, 0.1) is 19.8 Å². The number of hydrogen-bond donors (Lipinski definition) is 2. The zero-order valence-electron chi connectivity index (χ0n) is 13.2. The number of nitrogens with zero attached hydrogens (tertiary/aromatic N) is 4. The number of amides is 4. The van der Waals surface area contributed by atoms with Crippen molar-refractivity contribution in [2.75, 3.05) is 13.1 Å². The Labute approximate surface area is 137 Å². The topological polar surface area (TPSA) is 120 Å². The minimum atomic E-state index is -0.663. The first-order chi connectivity index (χ1) is 11.5. The first kappa shape index (κ1) is 15.8. The zero-order chi connectivity index (χ0) is 17.3. The van der Waals surface area contributed by atoms with E-state index in [0.29, 0.717) is 17.0 Å². The van der Waals surface area contributed by atoms with Crippen molar-refractivity contribution in [1.29, 1.82) is 0 Å². The van der Waals surface area contributed by atoms with E-state index in [1.54, 1.807) is 26.0 Å². The van der Waals surface area contributed by atoms with Gasteiger partial charge in [-0.2, -0.15) is 10.1 Å². The van der Waals surface area contributed by atoms with Crippen molar-refractivity contribution in [1.82, 2.24) is 20.4 Å². The summed E-state index contributed by atoms with van der Waals surface area (Å²) in [6, 6.07) is -0.663. The van der Waals surface area contributed by atoms with Crippen LogP contribution in [0.25, 0.3) is 0 Å². The van der Waals surface area contributed by atoms with Gasteiger partial charge in [0.15, 0.2) is 0 Å². The number of rotatable bonds is 4. The minimum absolute atomic E-state index is 0.0458. The SMILES string of the molecule is Cc1n[nH]c(C)c1C(=O)NCCN1C(=O)N=C2N=CC=CC2C1=O. The normalized spacial score (nSPS) is 19.3. The number of amidine groups is 1. The number of allylic oxidation sites excluding steroid dienone is 1. The Bertz CT molecular complexity index is 785. The van der Waals surface area contributed by atoms with Gasteiger partial charge in [-0.3, -0.25) is 19.6 Å². The standard InChI is InChI=1S/C15H16N6O3/c1-8-11(9(2)20-19-8)13(22)17-6-7-21-14(23)10-4-3-5-16-12(10)18-15(21)24/h3-5,10H,6-7H2,1-2H3,(H,17,22)(H,19,20). The first-order valence-corrected chi connectivity index (χ1v) is 7.43. The molecule has 2 aliphatic rings. The zero-order valence-corrected chi connectivity index (χ0v) is 13.2. The van der Waals surface area contributed by atoms with E-state index in [1.165, 1.54) is 6.21 Å². The molecule has 0 bridgehead atoms. The van der Waals surface area contributed by atoms with Gasteiger partial charge in [-0.15, -0.1) is 0 Å². The number of carbonyl (C=O) groups excluding carboxylic acids is 3. The molecule has 1 atom stereocenters. The Hall–Kier alpha value is -3.10. The lowest BCUT2D eigenvalue weighted by atomic mass is 10.0. The molecular formula is C15H16N6O3. The van der Waals surface area contributed by atoms with E-state index in [9.17, 15) is 14.4 Å². The molecule has 3 heterocycles. The van der Waals surface area contributed by atoms with Gasteiger partial charge in [0, 0.05) is 25.0 Å². The quantitative estimate of drug-likeness (QED) is 0.829. The van der Waals surface area contributed by atoms with E-state index < -0.39 is 11.9 Å². The van der Waals surface area contributed by atoms with Gasteiger partial charge in [0.1, 0.15) is 11.8 Å². The van der Waals surface area contributed by atoms with Gasteiger partial charge in [-0.25, -0.2) is 9.79 Å². The maximum absolute atomic E-state index is 12.4. The fraction of sp³-hybridized carbons (Fsp3) is 0.333. The molecule has 0 fully saturated rings. The number of carbonyl (C=O) groups is 3. The van der Waals surface area contributed by atoms with Crippen LogP contribution in [0.5, 0.6) is 0 Å². The molecule has 0 spiro atoms. The van der Waals surface area contributed by atoms with E-state index in [-0.39, 0.29) is 30.7 Å². The Morgan fingerprint density at radius 3 is 2.88 bits per heavy atom. The van der Waals surface area contributed by atoms with Gasteiger partial charge in [-0.05, 0) is 19.9 Å². The molecule has 2 N–H and O–H groups in total. The second-order valence-electron chi connectivity index (χ2n) is 5.45. The number of hydrogen-bond acceptors (Lipinski definition) is 5. The smallest absolute Gasteiger partial charge is 0.350 e. The predicted molar refractivity (Wildman–Crippen MR) is 86.1 cm³/mol. The van der Waals surface area contributed by atoms with Gasteiger partial charge >= 0.3 is 6.03 Å². The Kier molecular flexibility index (Phi) is 4.07. The number of dihydropyridines is 1. The third-order valence-electron chi connectivity index (χ3n) is 3.82. The molecular weight excluding hydrogens is 312 g/mol. The Morgan fingerprint density at radius 1 is 1.38 bits per heavy atom. The van der Waals surface area contributed by atoms with Crippen LogP contribution in [0.3, 0.4) is 0 Å². The highest BCUT2D eigenvalue weighted by molar-refractivity contribution is 6.19. The number of imide groups is 1.